The summed E-state index contributed by atoms with van der Waals surface area (Å²) in [5, 5.41) is 20.2. The molecule has 0 spiro atoms. The summed E-state index contributed by atoms with van der Waals surface area (Å²) >= 11 is 0. The van der Waals surface area contributed by atoms with Crippen molar-refractivity contribution in [3.8, 4) is 0 Å². The molecule has 0 aromatic heterocycles. The van der Waals surface area contributed by atoms with Gasteiger partial charge in [-0.25, -0.2) is 4.39 Å². The highest BCUT2D eigenvalue weighted by Gasteiger charge is 2.36. The van der Waals surface area contributed by atoms with Crippen LogP contribution >= 0.6 is 0 Å². The maximum absolute atomic E-state index is 13.5. The molecule has 21 heavy (non-hydrogen) atoms. The maximum atomic E-state index is 13.5. The second-order valence-electron chi connectivity index (χ2n) is 5.16. The standard InChI is InChI=1S/C13H16FN3O4/c1-7-2-3-16(11(7)6-18)13(19)9-4-8(14)5-10(12(9)15)17(20)21/h4-5,7,11,18H,2-3,6,15H2,1H3. The summed E-state index contributed by atoms with van der Waals surface area (Å²) in [7, 11) is 0. The lowest BCUT2D eigenvalue weighted by molar-refractivity contribution is -0.384. The third kappa shape index (κ3) is 2.66. The van der Waals surface area contributed by atoms with E-state index in [1.807, 2.05) is 6.92 Å². The van der Waals surface area contributed by atoms with E-state index in [4.69, 9.17) is 5.73 Å². The third-order valence-electron chi connectivity index (χ3n) is 3.88. The lowest BCUT2D eigenvalue weighted by Gasteiger charge is -2.25. The van der Waals surface area contributed by atoms with E-state index in [0.717, 1.165) is 6.07 Å². The van der Waals surface area contributed by atoms with Crippen LogP contribution in [0.5, 0.6) is 0 Å². The summed E-state index contributed by atoms with van der Waals surface area (Å²) in [6.45, 7) is 2.07. The molecular formula is C13H16FN3O4. The first-order valence-electron chi connectivity index (χ1n) is 6.52. The maximum Gasteiger partial charge on any atom is 0.295 e. The first kappa shape index (κ1) is 15.2. The molecule has 7 nitrogen and oxygen atoms in total. The summed E-state index contributed by atoms with van der Waals surface area (Å²) in [4.78, 5) is 23.9. The molecule has 1 aliphatic rings. The van der Waals surface area contributed by atoms with Crippen LogP contribution in [-0.2, 0) is 0 Å². The van der Waals surface area contributed by atoms with Gasteiger partial charge in [0, 0.05) is 6.54 Å². The number of nitro groups is 1. The van der Waals surface area contributed by atoms with Crippen LogP contribution in [0.2, 0.25) is 0 Å². The Morgan fingerprint density at radius 2 is 2.29 bits per heavy atom. The Morgan fingerprint density at radius 3 is 2.86 bits per heavy atom. The zero-order valence-electron chi connectivity index (χ0n) is 11.5. The number of amides is 1. The van der Waals surface area contributed by atoms with Crippen molar-refractivity contribution in [1.29, 1.82) is 0 Å². The van der Waals surface area contributed by atoms with Crippen LogP contribution in [0.4, 0.5) is 15.8 Å². The normalized spacial score (nSPS) is 21.6. The van der Waals surface area contributed by atoms with Gasteiger partial charge < -0.3 is 15.7 Å². The fraction of sp³-hybridized carbons (Fsp3) is 0.462. The minimum Gasteiger partial charge on any atom is -0.394 e. The molecule has 2 rings (SSSR count). The monoisotopic (exact) mass is 297 g/mol. The number of hydrogen-bond acceptors (Lipinski definition) is 5. The molecule has 1 fully saturated rings. The quantitative estimate of drug-likeness (QED) is 0.494. The van der Waals surface area contributed by atoms with Crippen molar-refractivity contribution < 1.29 is 19.2 Å². The number of halogens is 1. The van der Waals surface area contributed by atoms with Crippen LogP contribution in [0.25, 0.3) is 0 Å². The van der Waals surface area contributed by atoms with Crippen LogP contribution < -0.4 is 5.73 Å². The van der Waals surface area contributed by atoms with Gasteiger partial charge >= 0.3 is 0 Å². The van der Waals surface area contributed by atoms with E-state index in [9.17, 15) is 24.4 Å². The van der Waals surface area contributed by atoms with Crippen molar-refractivity contribution in [3.05, 3.63) is 33.6 Å². The average Bonchev–Trinajstić information content (AvgIpc) is 2.80. The van der Waals surface area contributed by atoms with Gasteiger partial charge in [0.1, 0.15) is 11.5 Å². The minimum absolute atomic E-state index is 0.101. The number of nitrogen functional groups attached to an aromatic ring is 1. The van der Waals surface area contributed by atoms with Gasteiger partial charge in [0.05, 0.1) is 29.2 Å². The van der Waals surface area contributed by atoms with Crippen LogP contribution in [0.15, 0.2) is 12.1 Å². The first-order valence-corrected chi connectivity index (χ1v) is 6.52. The molecule has 1 amide bonds. The molecule has 1 aliphatic heterocycles. The first-order chi connectivity index (χ1) is 9.86. The average molecular weight is 297 g/mol. The molecule has 1 aromatic carbocycles. The Balaban J connectivity index is 2.42. The SMILES string of the molecule is CC1CCN(C(=O)c2cc(F)cc([N+](=O)[O-])c2N)C1CO. The molecular weight excluding hydrogens is 281 g/mol. The summed E-state index contributed by atoms with van der Waals surface area (Å²) in [6.07, 6.45) is 0.703. The van der Waals surface area contributed by atoms with Crippen LogP contribution in [0, 0.1) is 21.8 Å². The zero-order valence-corrected chi connectivity index (χ0v) is 11.5. The van der Waals surface area contributed by atoms with Crippen molar-refractivity contribution in [2.24, 2.45) is 5.92 Å². The van der Waals surface area contributed by atoms with Crippen molar-refractivity contribution in [1.82, 2.24) is 4.90 Å². The third-order valence-corrected chi connectivity index (χ3v) is 3.88. The van der Waals surface area contributed by atoms with Crippen molar-refractivity contribution in [2.75, 3.05) is 18.9 Å². The highest BCUT2D eigenvalue weighted by molar-refractivity contribution is 6.01. The van der Waals surface area contributed by atoms with Gasteiger partial charge in [0.25, 0.3) is 11.6 Å². The highest BCUT2D eigenvalue weighted by atomic mass is 19.1. The number of benzene rings is 1. The summed E-state index contributed by atoms with van der Waals surface area (Å²) < 4.78 is 13.5. The molecule has 1 saturated heterocycles. The Bertz CT molecular complexity index is 593. The van der Waals surface area contributed by atoms with E-state index >= 15 is 0 Å². The van der Waals surface area contributed by atoms with Crippen molar-refractivity contribution in [3.63, 3.8) is 0 Å². The Morgan fingerprint density at radius 1 is 1.62 bits per heavy atom. The Kier molecular flexibility index (Phi) is 4.08. The van der Waals surface area contributed by atoms with E-state index in [2.05, 4.69) is 0 Å². The van der Waals surface area contributed by atoms with Gasteiger partial charge in [-0.05, 0) is 18.4 Å². The predicted octanol–water partition coefficient (Wildman–Crippen LogP) is 1.16. The lowest BCUT2D eigenvalue weighted by atomic mass is 10.0. The lowest BCUT2D eigenvalue weighted by Crippen LogP contribution is -2.40. The number of nitrogens with two attached hydrogens (primary N) is 1. The van der Waals surface area contributed by atoms with Crippen LogP contribution in [0.3, 0.4) is 0 Å². The minimum atomic E-state index is -0.896. The molecule has 0 aliphatic carbocycles. The van der Waals surface area contributed by atoms with Crippen LogP contribution in [-0.4, -0.2) is 40.0 Å². The topological polar surface area (TPSA) is 110 Å². The van der Waals surface area contributed by atoms with Gasteiger partial charge in [0.15, 0.2) is 0 Å². The number of rotatable bonds is 3. The number of anilines is 1. The molecule has 1 heterocycles. The fourth-order valence-electron chi connectivity index (χ4n) is 2.63. The number of carbonyl (C=O) groups excluding carboxylic acids is 1. The second-order valence-corrected chi connectivity index (χ2v) is 5.16. The second kappa shape index (κ2) is 5.65. The van der Waals surface area contributed by atoms with E-state index in [0.29, 0.717) is 19.0 Å². The van der Waals surface area contributed by atoms with Crippen LogP contribution in [0.1, 0.15) is 23.7 Å². The van der Waals surface area contributed by atoms with Gasteiger partial charge in [-0.3, -0.25) is 14.9 Å². The number of aliphatic hydroxyl groups excluding tert-OH is 1. The molecule has 2 atom stereocenters. The summed E-state index contributed by atoms with van der Waals surface area (Å²) in [5.41, 5.74) is 4.39. The van der Waals surface area contributed by atoms with Gasteiger partial charge in [0.2, 0.25) is 0 Å². The Labute approximate surface area is 120 Å². The van der Waals surface area contributed by atoms with E-state index in [-0.39, 0.29) is 29.8 Å². The fourth-order valence-corrected chi connectivity index (χ4v) is 2.63. The number of carbonyl (C=O) groups is 1. The molecule has 2 unspecified atom stereocenters. The van der Waals surface area contributed by atoms with Crippen molar-refractivity contribution >= 4 is 17.3 Å². The molecule has 0 saturated carbocycles. The number of nitrogens with zero attached hydrogens (tertiary/aromatic N) is 2. The molecule has 0 radical (unpaired) electrons. The smallest absolute Gasteiger partial charge is 0.295 e. The number of aliphatic hydroxyl groups is 1. The van der Waals surface area contributed by atoms with E-state index < -0.39 is 22.3 Å². The molecule has 114 valence electrons. The zero-order chi connectivity index (χ0) is 15.7. The number of hydrogen-bond donors (Lipinski definition) is 2. The number of nitro benzene ring substituents is 1. The molecule has 8 heteroatoms. The van der Waals surface area contributed by atoms with Gasteiger partial charge in [-0.2, -0.15) is 0 Å². The molecule has 1 aromatic rings. The Hall–Kier alpha value is -2.22. The summed E-state index contributed by atoms with van der Waals surface area (Å²) in [6, 6.07) is 1.18. The van der Waals surface area contributed by atoms with E-state index in [1.54, 1.807) is 0 Å². The van der Waals surface area contributed by atoms with E-state index in [1.165, 1.54) is 4.90 Å². The largest absolute Gasteiger partial charge is 0.394 e. The number of likely N-dealkylation sites (tertiary alicyclic amines) is 1. The highest BCUT2D eigenvalue weighted by Crippen LogP contribution is 2.31. The van der Waals surface area contributed by atoms with Gasteiger partial charge in [-0.1, -0.05) is 6.92 Å². The van der Waals surface area contributed by atoms with Crippen molar-refractivity contribution in [2.45, 2.75) is 19.4 Å². The summed E-state index contributed by atoms with van der Waals surface area (Å²) in [5.74, 6) is -1.39. The predicted molar refractivity (Wildman–Crippen MR) is 73.2 cm³/mol. The van der Waals surface area contributed by atoms with Gasteiger partial charge in [-0.15, -0.1) is 0 Å². The molecule has 0 bridgehead atoms. The molecule has 3 N–H and O–H groups in total.